The van der Waals surface area contributed by atoms with Gasteiger partial charge in [0.1, 0.15) is 0 Å². The minimum absolute atomic E-state index is 0.0921. The van der Waals surface area contributed by atoms with Crippen molar-refractivity contribution in [1.82, 2.24) is 15.5 Å². The third-order valence-corrected chi connectivity index (χ3v) is 5.50. The summed E-state index contributed by atoms with van der Waals surface area (Å²) in [6.07, 6.45) is 3.10. The minimum atomic E-state index is 0.0921. The summed E-state index contributed by atoms with van der Waals surface area (Å²) in [7, 11) is 4.29. The monoisotopic (exact) mass is 390 g/mol. The lowest BCUT2D eigenvalue weighted by molar-refractivity contribution is -0.00255. The Morgan fingerprint density at radius 3 is 2.57 bits per heavy atom. The Morgan fingerprint density at radius 1 is 1.21 bits per heavy atom. The maximum absolute atomic E-state index is 5.95. The second-order valence-corrected chi connectivity index (χ2v) is 7.63. The summed E-state index contributed by atoms with van der Waals surface area (Å²) in [5, 5.41) is 6.79. The fraction of sp³-hybridized carbons (Fsp3) is 0.682. The molecule has 6 heteroatoms. The first-order valence-electron chi connectivity index (χ1n) is 10.5. The highest BCUT2D eigenvalue weighted by Gasteiger charge is 2.34. The van der Waals surface area contributed by atoms with Gasteiger partial charge in [-0.15, -0.1) is 0 Å². The molecule has 1 aliphatic rings. The molecule has 1 atom stereocenters. The first-order chi connectivity index (χ1) is 13.6. The van der Waals surface area contributed by atoms with E-state index in [1.807, 2.05) is 6.07 Å². The van der Waals surface area contributed by atoms with E-state index in [0.717, 1.165) is 64.7 Å². The smallest absolute Gasteiger partial charge is 0.191 e. The number of likely N-dealkylation sites (N-methyl/N-ethyl adjacent to an activating group) is 1. The lowest BCUT2D eigenvalue weighted by atomic mass is 9.89. The van der Waals surface area contributed by atoms with Crippen LogP contribution in [0.15, 0.2) is 35.3 Å². The number of rotatable bonds is 10. The van der Waals surface area contributed by atoms with Crippen LogP contribution in [0.2, 0.25) is 0 Å². The van der Waals surface area contributed by atoms with Crippen LogP contribution >= 0.6 is 0 Å². The maximum atomic E-state index is 5.95. The SMILES string of the molecule is CCNC(=NCC1(N(C)C)CCOCC1)NCCCOC(C)c1ccccc1. The molecule has 1 aromatic rings. The van der Waals surface area contributed by atoms with Crippen LogP contribution in [0.1, 0.15) is 44.8 Å². The van der Waals surface area contributed by atoms with E-state index in [9.17, 15) is 0 Å². The van der Waals surface area contributed by atoms with E-state index in [-0.39, 0.29) is 11.6 Å². The van der Waals surface area contributed by atoms with Crippen LogP contribution in [0.3, 0.4) is 0 Å². The fourth-order valence-corrected chi connectivity index (χ4v) is 3.43. The number of nitrogens with one attached hydrogen (secondary N) is 2. The van der Waals surface area contributed by atoms with Gasteiger partial charge in [-0.3, -0.25) is 4.99 Å². The van der Waals surface area contributed by atoms with Crippen molar-refractivity contribution in [2.45, 2.75) is 44.8 Å². The third-order valence-electron chi connectivity index (χ3n) is 5.50. The fourth-order valence-electron chi connectivity index (χ4n) is 3.43. The summed E-state index contributed by atoms with van der Waals surface area (Å²) in [6, 6.07) is 10.3. The van der Waals surface area contributed by atoms with Crippen molar-refractivity contribution in [1.29, 1.82) is 0 Å². The van der Waals surface area contributed by atoms with Gasteiger partial charge in [-0.2, -0.15) is 0 Å². The Kier molecular flexibility index (Phi) is 9.75. The average Bonchev–Trinajstić information content (AvgIpc) is 2.72. The number of hydrogen-bond donors (Lipinski definition) is 2. The molecule has 1 aromatic carbocycles. The van der Waals surface area contributed by atoms with Gasteiger partial charge in [0.15, 0.2) is 5.96 Å². The van der Waals surface area contributed by atoms with Gasteiger partial charge in [-0.05, 0) is 52.8 Å². The molecule has 1 fully saturated rings. The molecule has 0 radical (unpaired) electrons. The largest absolute Gasteiger partial charge is 0.381 e. The van der Waals surface area contributed by atoms with E-state index in [2.05, 4.69) is 67.7 Å². The maximum Gasteiger partial charge on any atom is 0.191 e. The summed E-state index contributed by atoms with van der Waals surface area (Å²) in [6.45, 7) is 9.02. The molecule has 2 rings (SSSR count). The van der Waals surface area contributed by atoms with Crippen molar-refractivity contribution in [2.24, 2.45) is 4.99 Å². The van der Waals surface area contributed by atoms with E-state index >= 15 is 0 Å². The molecule has 0 aromatic heterocycles. The van der Waals surface area contributed by atoms with Crippen molar-refractivity contribution in [3.05, 3.63) is 35.9 Å². The average molecular weight is 391 g/mol. The molecule has 2 N–H and O–H groups in total. The predicted octanol–water partition coefficient (Wildman–Crippen LogP) is 2.82. The molecule has 1 aliphatic heterocycles. The molecule has 0 aliphatic carbocycles. The van der Waals surface area contributed by atoms with Crippen LogP contribution in [0.25, 0.3) is 0 Å². The van der Waals surface area contributed by atoms with Crippen LogP contribution in [-0.4, -0.2) is 69.9 Å². The normalized spacial score (nSPS) is 18.1. The summed E-state index contributed by atoms with van der Waals surface area (Å²) < 4.78 is 11.5. The molecular weight excluding hydrogens is 352 g/mol. The van der Waals surface area contributed by atoms with E-state index in [1.54, 1.807) is 0 Å². The van der Waals surface area contributed by atoms with Gasteiger partial charge in [0.2, 0.25) is 0 Å². The standard InChI is InChI=1S/C22H38N4O2/c1-5-23-21(25-18-22(26(3)4)12-16-27-17-13-22)24-14-9-15-28-19(2)20-10-7-6-8-11-20/h6-8,10-11,19H,5,9,12-18H2,1-4H3,(H2,23,24,25). The summed E-state index contributed by atoms with van der Waals surface area (Å²) in [5.74, 6) is 0.881. The van der Waals surface area contributed by atoms with E-state index in [1.165, 1.54) is 5.56 Å². The molecule has 0 spiro atoms. The zero-order valence-electron chi connectivity index (χ0n) is 18.0. The summed E-state index contributed by atoms with van der Waals surface area (Å²) in [5.41, 5.74) is 1.31. The number of aliphatic imine (C=N–C) groups is 1. The van der Waals surface area contributed by atoms with Gasteiger partial charge in [0.05, 0.1) is 12.6 Å². The number of benzene rings is 1. The highest BCUT2D eigenvalue weighted by Crippen LogP contribution is 2.26. The topological polar surface area (TPSA) is 58.1 Å². The van der Waals surface area contributed by atoms with Crippen LogP contribution in [-0.2, 0) is 9.47 Å². The molecule has 0 bridgehead atoms. The highest BCUT2D eigenvalue weighted by atomic mass is 16.5. The number of hydrogen-bond acceptors (Lipinski definition) is 4. The number of guanidine groups is 1. The second-order valence-electron chi connectivity index (χ2n) is 7.63. The Hall–Kier alpha value is -1.63. The van der Waals surface area contributed by atoms with Crippen LogP contribution in [0, 0.1) is 0 Å². The van der Waals surface area contributed by atoms with E-state index in [0.29, 0.717) is 0 Å². The first-order valence-corrected chi connectivity index (χ1v) is 10.5. The van der Waals surface area contributed by atoms with Crippen molar-refractivity contribution in [3.63, 3.8) is 0 Å². The summed E-state index contributed by atoms with van der Waals surface area (Å²) in [4.78, 5) is 7.17. The third kappa shape index (κ3) is 7.08. The van der Waals surface area contributed by atoms with Crippen molar-refractivity contribution in [2.75, 3.05) is 53.6 Å². The van der Waals surface area contributed by atoms with E-state index in [4.69, 9.17) is 14.5 Å². The zero-order chi connectivity index (χ0) is 20.2. The molecule has 0 amide bonds. The molecule has 28 heavy (non-hydrogen) atoms. The molecule has 0 saturated carbocycles. The summed E-state index contributed by atoms with van der Waals surface area (Å²) >= 11 is 0. The highest BCUT2D eigenvalue weighted by molar-refractivity contribution is 5.79. The molecule has 1 saturated heterocycles. The molecule has 158 valence electrons. The number of nitrogens with zero attached hydrogens (tertiary/aromatic N) is 2. The van der Waals surface area contributed by atoms with Crippen molar-refractivity contribution in [3.8, 4) is 0 Å². The van der Waals surface area contributed by atoms with Crippen LogP contribution in [0.4, 0.5) is 0 Å². The quantitative estimate of drug-likeness (QED) is 0.365. The zero-order valence-corrected chi connectivity index (χ0v) is 18.0. The number of ether oxygens (including phenoxy) is 2. The van der Waals surface area contributed by atoms with Gasteiger partial charge in [-0.25, -0.2) is 0 Å². The Labute approximate surface area is 170 Å². The second kappa shape index (κ2) is 12.0. The van der Waals surface area contributed by atoms with Crippen molar-refractivity contribution < 1.29 is 9.47 Å². The lowest BCUT2D eigenvalue weighted by Gasteiger charge is -2.41. The lowest BCUT2D eigenvalue weighted by Crippen LogP contribution is -2.51. The minimum Gasteiger partial charge on any atom is -0.381 e. The van der Waals surface area contributed by atoms with Crippen LogP contribution in [0.5, 0.6) is 0 Å². The van der Waals surface area contributed by atoms with Gasteiger partial charge in [-0.1, -0.05) is 30.3 Å². The first kappa shape index (κ1) is 22.7. The van der Waals surface area contributed by atoms with Gasteiger partial charge >= 0.3 is 0 Å². The Morgan fingerprint density at radius 2 is 1.93 bits per heavy atom. The van der Waals surface area contributed by atoms with Gasteiger partial charge < -0.3 is 25.0 Å². The van der Waals surface area contributed by atoms with Gasteiger partial charge in [0, 0.05) is 38.4 Å². The van der Waals surface area contributed by atoms with Gasteiger partial charge in [0.25, 0.3) is 0 Å². The molecule has 1 heterocycles. The van der Waals surface area contributed by atoms with E-state index < -0.39 is 0 Å². The van der Waals surface area contributed by atoms with Crippen LogP contribution < -0.4 is 10.6 Å². The molecule has 1 unspecified atom stereocenters. The Balaban J connectivity index is 1.76. The predicted molar refractivity (Wildman–Crippen MR) is 116 cm³/mol. The van der Waals surface area contributed by atoms with Crippen molar-refractivity contribution >= 4 is 5.96 Å². The Bertz CT molecular complexity index is 571. The molecular formula is C22H38N4O2. The molecule has 6 nitrogen and oxygen atoms in total.